The number of rotatable bonds is 4. The zero-order chi connectivity index (χ0) is 15.2. The Morgan fingerprint density at radius 1 is 1.25 bits per heavy atom. The zero-order valence-electron chi connectivity index (χ0n) is 12.0. The third kappa shape index (κ3) is 6.08. The fourth-order valence-electron chi connectivity index (χ4n) is 1.59. The molecular formula is C14H21N3O3. The molecule has 0 heterocycles. The van der Waals surface area contributed by atoms with Gasteiger partial charge in [-0.2, -0.15) is 0 Å². The molecule has 1 rings (SSSR count). The Morgan fingerprint density at radius 3 is 2.35 bits per heavy atom. The van der Waals surface area contributed by atoms with Crippen molar-refractivity contribution in [2.24, 2.45) is 5.73 Å². The van der Waals surface area contributed by atoms with Crippen LogP contribution in [0, 0.1) is 0 Å². The molecule has 0 spiro atoms. The van der Waals surface area contributed by atoms with Gasteiger partial charge in [0.1, 0.15) is 5.60 Å². The molecule has 0 bridgehead atoms. The Bertz CT molecular complexity index is 454. The third-order valence-electron chi connectivity index (χ3n) is 2.37. The first-order valence-corrected chi connectivity index (χ1v) is 6.36. The van der Waals surface area contributed by atoms with Crippen molar-refractivity contribution in [3.63, 3.8) is 0 Å². The lowest BCUT2D eigenvalue weighted by Crippen LogP contribution is -2.41. The van der Waals surface area contributed by atoms with Crippen molar-refractivity contribution in [1.29, 1.82) is 0 Å². The fraction of sp³-hybridized carbons (Fsp3) is 0.429. The number of nitrogens with one attached hydrogen (secondary N) is 2. The van der Waals surface area contributed by atoms with Gasteiger partial charge in [-0.1, -0.05) is 30.3 Å². The molecule has 4 N–H and O–H groups in total. The van der Waals surface area contributed by atoms with Crippen LogP contribution in [-0.2, 0) is 4.74 Å². The highest BCUT2D eigenvalue weighted by molar-refractivity contribution is 5.72. The molecule has 1 unspecified atom stereocenters. The first-order valence-electron chi connectivity index (χ1n) is 6.36. The highest BCUT2D eigenvalue weighted by Gasteiger charge is 2.20. The number of benzene rings is 1. The van der Waals surface area contributed by atoms with Crippen LogP contribution in [0.1, 0.15) is 32.4 Å². The van der Waals surface area contributed by atoms with Crippen LogP contribution in [0.3, 0.4) is 0 Å². The maximum Gasteiger partial charge on any atom is 0.408 e. The van der Waals surface area contributed by atoms with E-state index in [9.17, 15) is 9.59 Å². The van der Waals surface area contributed by atoms with E-state index in [1.165, 1.54) is 0 Å². The number of hydrogen-bond acceptors (Lipinski definition) is 3. The molecule has 3 amide bonds. The van der Waals surface area contributed by atoms with Crippen molar-refractivity contribution >= 4 is 12.1 Å². The van der Waals surface area contributed by atoms with Crippen LogP contribution in [-0.4, -0.2) is 24.3 Å². The van der Waals surface area contributed by atoms with Gasteiger partial charge < -0.3 is 21.1 Å². The van der Waals surface area contributed by atoms with Crippen LogP contribution in [0.5, 0.6) is 0 Å². The van der Waals surface area contributed by atoms with Gasteiger partial charge in [-0.15, -0.1) is 0 Å². The average Bonchev–Trinajstić information content (AvgIpc) is 2.33. The fourth-order valence-corrected chi connectivity index (χ4v) is 1.59. The Hall–Kier alpha value is -2.24. The molecule has 0 aliphatic carbocycles. The number of alkyl carbamates (subject to hydrolysis) is 1. The van der Waals surface area contributed by atoms with E-state index in [0.29, 0.717) is 0 Å². The first kappa shape index (κ1) is 15.8. The van der Waals surface area contributed by atoms with Crippen molar-refractivity contribution in [3.8, 4) is 0 Å². The standard InChI is InChI=1S/C14H21N3O3/c1-14(2,3)20-13(19)17-11(9-16-12(15)18)10-7-5-4-6-8-10/h4-8,11H,9H2,1-3H3,(H,17,19)(H3,15,16,18). The molecule has 1 aromatic carbocycles. The second-order valence-corrected chi connectivity index (χ2v) is 5.35. The van der Waals surface area contributed by atoms with E-state index in [-0.39, 0.29) is 6.54 Å². The summed E-state index contributed by atoms with van der Waals surface area (Å²) in [5.74, 6) is 0. The molecule has 6 nitrogen and oxygen atoms in total. The lowest BCUT2D eigenvalue weighted by atomic mass is 10.1. The van der Waals surface area contributed by atoms with Crippen molar-refractivity contribution in [2.45, 2.75) is 32.4 Å². The maximum absolute atomic E-state index is 11.8. The van der Waals surface area contributed by atoms with E-state index < -0.39 is 23.8 Å². The van der Waals surface area contributed by atoms with E-state index in [2.05, 4.69) is 10.6 Å². The summed E-state index contributed by atoms with van der Waals surface area (Å²) in [6, 6.07) is 8.23. The Morgan fingerprint density at radius 2 is 1.85 bits per heavy atom. The van der Waals surface area contributed by atoms with Crippen molar-refractivity contribution in [3.05, 3.63) is 35.9 Å². The summed E-state index contributed by atoms with van der Waals surface area (Å²) in [7, 11) is 0. The van der Waals surface area contributed by atoms with Gasteiger partial charge in [0.15, 0.2) is 0 Å². The highest BCUT2D eigenvalue weighted by Crippen LogP contribution is 2.13. The van der Waals surface area contributed by atoms with E-state index >= 15 is 0 Å². The predicted octanol–water partition coefficient (Wildman–Crippen LogP) is 1.92. The van der Waals surface area contributed by atoms with Crippen LogP contribution in [0.2, 0.25) is 0 Å². The molecule has 1 aromatic rings. The van der Waals surface area contributed by atoms with Crippen LogP contribution in [0.15, 0.2) is 30.3 Å². The number of nitrogens with two attached hydrogens (primary N) is 1. The molecule has 1 atom stereocenters. The largest absolute Gasteiger partial charge is 0.444 e. The zero-order valence-corrected chi connectivity index (χ0v) is 12.0. The van der Waals surface area contributed by atoms with Gasteiger partial charge in [-0.05, 0) is 26.3 Å². The summed E-state index contributed by atoms with van der Waals surface area (Å²) in [6.07, 6.45) is -0.544. The number of carbonyl (C=O) groups is 2. The summed E-state index contributed by atoms with van der Waals surface area (Å²) in [5.41, 5.74) is 5.33. The van der Waals surface area contributed by atoms with Gasteiger partial charge in [0, 0.05) is 6.54 Å². The number of hydrogen-bond donors (Lipinski definition) is 3. The van der Waals surface area contributed by atoms with E-state index in [0.717, 1.165) is 5.56 Å². The summed E-state index contributed by atoms with van der Waals surface area (Å²) in [5, 5.41) is 5.19. The maximum atomic E-state index is 11.8. The summed E-state index contributed by atoms with van der Waals surface area (Å²) in [4.78, 5) is 22.6. The number of ether oxygens (including phenoxy) is 1. The molecule has 110 valence electrons. The minimum atomic E-state index is -0.642. The molecule has 0 aromatic heterocycles. The molecule has 6 heteroatoms. The van der Waals surface area contributed by atoms with Gasteiger partial charge in [0.25, 0.3) is 0 Å². The van der Waals surface area contributed by atoms with Crippen LogP contribution in [0.4, 0.5) is 9.59 Å². The average molecular weight is 279 g/mol. The lowest BCUT2D eigenvalue weighted by molar-refractivity contribution is 0.0503. The molecule has 0 aliphatic heterocycles. The molecule has 0 saturated heterocycles. The van der Waals surface area contributed by atoms with Gasteiger partial charge in [-0.3, -0.25) is 0 Å². The summed E-state index contributed by atoms with van der Waals surface area (Å²) in [6.45, 7) is 5.54. The van der Waals surface area contributed by atoms with E-state index in [1.807, 2.05) is 30.3 Å². The Labute approximate surface area is 118 Å². The molecule has 0 fully saturated rings. The normalized spacial score (nSPS) is 12.3. The molecule has 0 saturated carbocycles. The molecule has 0 aliphatic rings. The van der Waals surface area contributed by atoms with Crippen molar-refractivity contribution in [1.82, 2.24) is 10.6 Å². The molecule has 0 radical (unpaired) electrons. The smallest absolute Gasteiger partial charge is 0.408 e. The van der Waals surface area contributed by atoms with Crippen LogP contribution >= 0.6 is 0 Å². The van der Waals surface area contributed by atoms with E-state index in [4.69, 9.17) is 10.5 Å². The monoisotopic (exact) mass is 279 g/mol. The minimum absolute atomic E-state index is 0.193. The minimum Gasteiger partial charge on any atom is -0.444 e. The Kier molecular flexibility index (Phi) is 5.37. The quantitative estimate of drug-likeness (QED) is 0.786. The number of urea groups is 1. The van der Waals surface area contributed by atoms with Crippen molar-refractivity contribution < 1.29 is 14.3 Å². The highest BCUT2D eigenvalue weighted by atomic mass is 16.6. The second-order valence-electron chi connectivity index (χ2n) is 5.35. The van der Waals surface area contributed by atoms with Gasteiger partial charge in [-0.25, -0.2) is 9.59 Å². The predicted molar refractivity (Wildman–Crippen MR) is 76.1 cm³/mol. The summed E-state index contributed by atoms with van der Waals surface area (Å²) >= 11 is 0. The SMILES string of the molecule is CC(C)(C)OC(=O)NC(CNC(N)=O)c1ccccc1. The van der Waals surface area contributed by atoms with Crippen LogP contribution < -0.4 is 16.4 Å². The van der Waals surface area contributed by atoms with Gasteiger partial charge >= 0.3 is 12.1 Å². The third-order valence-corrected chi connectivity index (χ3v) is 2.37. The Balaban J connectivity index is 2.73. The second kappa shape index (κ2) is 6.79. The lowest BCUT2D eigenvalue weighted by Gasteiger charge is -2.24. The first-order chi connectivity index (χ1) is 9.28. The van der Waals surface area contributed by atoms with Gasteiger partial charge in [0.05, 0.1) is 6.04 Å². The number of carbonyl (C=O) groups excluding carboxylic acids is 2. The van der Waals surface area contributed by atoms with Gasteiger partial charge in [0.2, 0.25) is 0 Å². The molecule has 20 heavy (non-hydrogen) atoms. The number of amides is 3. The summed E-state index contributed by atoms with van der Waals surface area (Å²) < 4.78 is 5.20. The van der Waals surface area contributed by atoms with Crippen LogP contribution in [0.25, 0.3) is 0 Å². The number of primary amides is 1. The van der Waals surface area contributed by atoms with Crippen molar-refractivity contribution in [2.75, 3.05) is 6.54 Å². The van der Waals surface area contributed by atoms with E-state index in [1.54, 1.807) is 20.8 Å². The molecular weight excluding hydrogens is 258 g/mol. The topological polar surface area (TPSA) is 93.4 Å².